The zero-order chi connectivity index (χ0) is 32.1. The summed E-state index contributed by atoms with van der Waals surface area (Å²) in [6.45, 7) is 2.20. The number of nitrogens with zero attached hydrogens (tertiary/aromatic N) is 5. The van der Waals surface area contributed by atoms with Crippen molar-refractivity contribution in [2.45, 2.75) is 81.0 Å². The van der Waals surface area contributed by atoms with Gasteiger partial charge in [-0.3, -0.25) is 4.90 Å². The Balaban J connectivity index is 1.27. The van der Waals surface area contributed by atoms with Crippen LogP contribution in [0.3, 0.4) is 0 Å². The van der Waals surface area contributed by atoms with Crippen molar-refractivity contribution in [1.29, 1.82) is 0 Å². The Labute approximate surface area is 269 Å². The normalized spacial score (nSPS) is 27.8. The molecule has 7 heterocycles. The second-order valence-corrected chi connectivity index (χ2v) is 13.9. The molecule has 3 atom stereocenters. The molecule has 2 bridgehead atoms. The smallest absolute Gasteiger partial charge is 0.319 e. The van der Waals surface area contributed by atoms with Crippen LogP contribution in [-0.4, -0.2) is 69.3 Å². The number of rotatable bonds is 4. The van der Waals surface area contributed by atoms with E-state index < -0.39 is 29.3 Å². The number of hydrogen-bond donors (Lipinski definition) is 1. The monoisotopic (exact) mass is 642 g/mol. The van der Waals surface area contributed by atoms with Crippen LogP contribution in [0.5, 0.6) is 6.01 Å². The van der Waals surface area contributed by atoms with Crippen molar-refractivity contribution in [3.05, 3.63) is 53.2 Å². The zero-order valence-corrected chi connectivity index (χ0v) is 25.9. The van der Waals surface area contributed by atoms with Crippen molar-refractivity contribution in [3.63, 3.8) is 0 Å². The molecule has 0 unspecified atom stereocenters. The minimum absolute atomic E-state index is 0.0198. The van der Waals surface area contributed by atoms with Gasteiger partial charge in [-0.1, -0.05) is 30.2 Å². The first-order valence-electron chi connectivity index (χ1n) is 16.6. The van der Waals surface area contributed by atoms with Gasteiger partial charge in [0.2, 0.25) is 0 Å². The molecule has 0 radical (unpaired) electrons. The van der Waals surface area contributed by atoms with Crippen LogP contribution in [0.2, 0.25) is 0 Å². The number of terminal acetylenes is 1. The maximum Gasteiger partial charge on any atom is 0.319 e. The highest BCUT2D eigenvalue weighted by Crippen LogP contribution is 2.49. The third-order valence-electron chi connectivity index (χ3n) is 11.3. The average Bonchev–Trinajstić information content (AvgIpc) is 3.72. The number of anilines is 1. The number of aromatic nitrogens is 3. The molecule has 1 N–H and O–H groups in total. The molecule has 0 amide bonds. The fourth-order valence-electron chi connectivity index (χ4n) is 9.13. The first-order valence-corrected chi connectivity index (χ1v) is 16.6. The number of halogens is 4. The summed E-state index contributed by atoms with van der Waals surface area (Å²) in [6, 6.07) is 7.36. The third-order valence-corrected chi connectivity index (χ3v) is 11.3. The summed E-state index contributed by atoms with van der Waals surface area (Å²) in [5, 5.41) is 3.97. The van der Waals surface area contributed by atoms with Crippen molar-refractivity contribution in [3.8, 4) is 29.6 Å². The fourth-order valence-corrected chi connectivity index (χ4v) is 9.13. The SMILES string of the molecule is C#Cc1c(F)ccc2cccc(-c3nc4c5c(nc(OCC67CCCN6CCC7)nc5c3F)N3C[C@@]5(F)CC[C@](F)(N5)[C@H]3CCC4)c12. The molecule has 4 saturated heterocycles. The number of alkyl halides is 2. The number of benzene rings is 2. The molecule has 0 spiro atoms. The van der Waals surface area contributed by atoms with E-state index in [-0.39, 0.29) is 53.5 Å². The van der Waals surface area contributed by atoms with Crippen LogP contribution in [0.4, 0.5) is 23.4 Å². The molecule has 0 aliphatic carbocycles. The maximum absolute atomic E-state index is 17.1. The van der Waals surface area contributed by atoms with Gasteiger partial charge < -0.3 is 9.64 Å². The van der Waals surface area contributed by atoms with Gasteiger partial charge >= 0.3 is 6.01 Å². The first kappa shape index (κ1) is 29.2. The van der Waals surface area contributed by atoms with E-state index in [9.17, 15) is 4.39 Å². The predicted octanol–water partition coefficient (Wildman–Crippen LogP) is 6.35. The van der Waals surface area contributed by atoms with Gasteiger partial charge in [0, 0.05) is 23.8 Å². The second-order valence-electron chi connectivity index (χ2n) is 13.9. The van der Waals surface area contributed by atoms with Crippen LogP contribution >= 0.6 is 0 Å². The molecule has 7 nitrogen and oxygen atoms in total. The highest BCUT2D eigenvalue weighted by molar-refractivity contribution is 6.02. The lowest BCUT2D eigenvalue weighted by Crippen LogP contribution is -2.68. The Bertz CT molecular complexity index is 2010. The Morgan fingerprint density at radius 3 is 2.62 bits per heavy atom. The number of aryl methyl sites for hydroxylation is 1. The number of pyridine rings is 1. The van der Waals surface area contributed by atoms with Crippen LogP contribution in [-0.2, 0) is 6.42 Å². The summed E-state index contributed by atoms with van der Waals surface area (Å²) >= 11 is 0. The van der Waals surface area contributed by atoms with E-state index in [1.807, 2.05) is 0 Å². The topological polar surface area (TPSA) is 66.4 Å². The molecule has 5 aliphatic rings. The first-order chi connectivity index (χ1) is 22.7. The minimum atomic E-state index is -1.96. The fraction of sp³-hybridized carbons (Fsp3) is 0.472. The number of ether oxygens (including phenoxy) is 1. The van der Waals surface area contributed by atoms with E-state index in [0.29, 0.717) is 53.3 Å². The van der Waals surface area contributed by atoms with E-state index in [0.717, 1.165) is 38.8 Å². The van der Waals surface area contributed by atoms with Gasteiger partial charge in [-0.2, -0.15) is 9.97 Å². The van der Waals surface area contributed by atoms with E-state index in [2.05, 4.69) is 21.1 Å². The molecular formula is C36H34F4N6O. The zero-order valence-electron chi connectivity index (χ0n) is 25.9. The van der Waals surface area contributed by atoms with Crippen LogP contribution in [0, 0.1) is 24.0 Å². The van der Waals surface area contributed by atoms with Crippen LogP contribution in [0.15, 0.2) is 30.3 Å². The van der Waals surface area contributed by atoms with Gasteiger partial charge in [-0.15, -0.1) is 6.42 Å². The molecule has 4 fully saturated rings. The van der Waals surface area contributed by atoms with Crippen molar-refractivity contribution >= 4 is 27.5 Å². The Morgan fingerprint density at radius 1 is 0.979 bits per heavy atom. The van der Waals surface area contributed by atoms with Gasteiger partial charge in [-0.25, -0.2) is 27.9 Å². The van der Waals surface area contributed by atoms with Crippen LogP contribution in [0.25, 0.3) is 32.9 Å². The standard InChI is InChI=1S/C36H34F4N6O/c1-2-22-24(37)12-11-21-7-3-8-23(27(21)22)30-29(38)31-28-25(41-30)9-4-10-26-36(40)16-15-35(39,44-36)19-46(26)32(28)43-33(42-31)47-20-34-13-5-17-45(34)18-6-14-34/h1,3,7-8,11-12,26,44H,4-6,9-10,13-20H2/t26-,35-,36+/m1/s1. The van der Waals surface area contributed by atoms with Crippen molar-refractivity contribution in [2.75, 3.05) is 31.1 Å². The van der Waals surface area contributed by atoms with E-state index >= 15 is 13.2 Å². The average molecular weight is 643 g/mol. The number of fused-ring (bicyclic) bond motifs is 7. The lowest BCUT2D eigenvalue weighted by molar-refractivity contribution is 0.00892. The largest absolute Gasteiger partial charge is 0.461 e. The van der Waals surface area contributed by atoms with Gasteiger partial charge in [-0.05, 0) is 69.5 Å². The molecule has 2 aromatic heterocycles. The van der Waals surface area contributed by atoms with Gasteiger partial charge in [0.25, 0.3) is 0 Å². The Kier molecular flexibility index (Phi) is 6.35. The summed E-state index contributed by atoms with van der Waals surface area (Å²) in [5.41, 5.74) is 0.680. The van der Waals surface area contributed by atoms with Crippen molar-refractivity contribution in [2.24, 2.45) is 0 Å². The highest BCUT2D eigenvalue weighted by atomic mass is 19.2. The van der Waals surface area contributed by atoms with Gasteiger partial charge in [0.1, 0.15) is 29.5 Å². The summed E-state index contributed by atoms with van der Waals surface area (Å²) in [4.78, 5) is 18.4. The van der Waals surface area contributed by atoms with Crippen LogP contribution < -0.4 is 15.0 Å². The summed E-state index contributed by atoms with van der Waals surface area (Å²) in [5.74, 6) is -2.59. The summed E-state index contributed by atoms with van der Waals surface area (Å²) in [6.07, 6.45) is 11.3. The van der Waals surface area contributed by atoms with E-state index in [1.165, 1.54) is 6.07 Å². The lowest BCUT2D eigenvalue weighted by Gasteiger charge is -2.47. The lowest BCUT2D eigenvalue weighted by atomic mass is 9.91. The quantitative estimate of drug-likeness (QED) is 0.158. The highest BCUT2D eigenvalue weighted by Gasteiger charge is 2.60. The second kappa shape index (κ2) is 10.2. The molecular weight excluding hydrogens is 608 g/mol. The molecule has 4 aromatic rings. The predicted molar refractivity (Wildman–Crippen MR) is 171 cm³/mol. The van der Waals surface area contributed by atoms with E-state index in [4.69, 9.17) is 21.1 Å². The maximum atomic E-state index is 17.1. The third kappa shape index (κ3) is 4.30. The van der Waals surface area contributed by atoms with Crippen LogP contribution in [0.1, 0.15) is 62.6 Å². The molecule has 0 saturated carbocycles. The summed E-state index contributed by atoms with van der Waals surface area (Å²) < 4.78 is 70.8. The van der Waals surface area contributed by atoms with Crippen molar-refractivity contribution < 1.29 is 22.3 Å². The number of piperazine rings is 1. The summed E-state index contributed by atoms with van der Waals surface area (Å²) in [7, 11) is 0. The van der Waals surface area contributed by atoms with Gasteiger partial charge in [0.05, 0.1) is 34.8 Å². The minimum Gasteiger partial charge on any atom is -0.461 e. The molecule has 5 aliphatic heterocycles. The van der Waals surface area contributed by atoms with Crippen molar-refractivity contribution in [1.82, 2.24) is 25.2 Å². The number of nitrogens with one attached hydrogen (secondary N) is 1. The molecule has 242 valence electrons. The molecule has 9 rings (SSSR count). The van der Waals surface area contributed by atoms with Gasteiger partial charge in [0.15, 0.2) is 17.4 Å². The molecule has 47 heavy (non-hydrogen) atoms. The Hall–Kier alpha value is -4.01. The van der Waals surface area contributed by atoms with E-state index in [1.54, 1.807) is 29.2 Å². The molecule has 2 aromatic carbocycles. The Morgan fingerprint density at radius 2 is 1.81 bits per heavy atom. The number of hydrogen-bond acceptors (Lipinski definition) is 7. The molecule has 11 heteroatoms.